The van der Waals surface area contributed by atoms with Crippen molar-refractivity contribution in [1.82, 2.24) is 10.2 Å². The highest BCUT2D eigenvalue weighted by Gasteiger charge is 2.42. The molecule has 6 heteroatoms. The van der Waals surface area contributed by atoms with E-state index in [2.05, 4.69) is 31.3 Å². The molecule has 0 aromatic heterocycles. The third kappa shape index (κ3) is 5.48. The van der Waals surface area contributed by atoms with E-state index in [1.54, 1.807) is 0 Å². The Hall–Kier alpha value is -1.75. The molecule has 5 nitrogen and oxygen atoms in total. The van der Waals surface area contributed by atoms with Crippen molar-refractivity contribution in [1.29, 1.82) is 0 Å². The Morgan fingerprint density at radius 3 is 2.40 bits per heavy atom. The van der Waals surface area contributed by atoms with Crippen LogP contribution >= 0.6 is 11.6 Å². The van der Waals surface area contributed by atoms with Gasteiger partial charge in [0, 0.05) is 24.2 Å². The molecule has 1 aliphatic heterocycles. The monoisotopic (exact) mass is 434 g/mol. The van der Waals surface area contributed by atoms with Crippen LogP contribution in [0.15, 0.2) is 24.3 Å². The predicted octanol–water partition coefficient (Wildman–Crippen LogP) is 5.38. The van der Waals surface area contributed by atoms with Crippen LogP contribution < -0.4 is 5.32 Å². The number of benzene rings is 1. The number of piperidine rings is 1. The second-order valence-corrected chi connectivity index (χ2v) is 10.9. The minimum absolute atomic E-state index is 0.0333. The number of rotatable bonds is 3. The van der Waals surface area contributed by atoms with Crippen LogP contribution in [0.25, 0.3) is 0 Å². The van der Waals surface area contributed by atoms with Gasteiger partial charge in [-0.2, -0.15) is 0 Å². The zero-order valence-electron chi connectivity index (χ0n) is 18.8. The summed E-state index contributed by atoms with van der Waals surface area (Å²) in [7, 11) is 0. The number of ether oxygens (including phenoxy) is 1. The van der Waals surface area contributed by atoms with E-state index in [4.69, 9.17) is 16.3 Å². The number of hydrogen-bond acceptors (Lipinski definition) is 3. The highest BCUT2D eigenvalue weighted by Crippen LogP contribution is 2.43. The first-order valence-corrected chi connectivity index (χ1v) is 11.4. The standard InChI is InChI=1S/C24H35ClN2O3/c1-23(2,3)30-22(29)26-20-8-6-7-18(20)21(28)27-14-13-19(24(4,5)15-27)16-9-11-17(25)12-10-16/h9-12,18-20H,6-8,13-15H2,1-5H3,(H,26,29)/t18-,19?,20+/m0/s1. The Kier molecular flexibility index (Phi) is 6.71. The van der Waals surface area contributed by atoms with Gasteiger partial charge in [-0.25, -0.2) is 4.79 Å². The van der Waals surface area contributed by atoms with Crippen LogP contribution in [0.4, 0.5) is 4.79 Å². The Morgan fingerprint density at radius 2 is 1.80 bits per heavy atom. The molecule has 1 N–H and O–H groups in total. The lowest BCUT2D eigenvalue weighted by Gasteiger charge is -2.45. The molecule has 2 aliphatic rings. The number of alkyl carbamates (subject to hydrolysis) is 1. The number of likely N-dealkylation sites (tertiary alicyclic amines) is 1. The molecule has 166 valence electrons. The van der Waals surface area contributed by atoms with Crippen molar-refractivity contribution in [2.45, 2.75) is 77.9 Å². The molecule has 3 rings (SSSR count). The number of hydrogen-bond donors (Lipinski definition) is 1. The normalized spacial score (nSPS) is 26.3. The molecule has 2 amide bonds. The molecule has 30 heavy (non-hydrogen) atoms. The van der Waals surface area contributed by atoms with E-state index in [1.807, 2.05) is 37.8 Å². The minimum Gasteiger partial charge on any atom is -0.444 e. The lowest BCUT2D eigenvalue weighted by atomic mass is 9.70. The minimum atomic E-state index is -0.546. The van der Waals surface area contributed by atoms with Gasteiger partial charge in [0.1, 0.15) is 5.60 Å². The Morgan fingerprint density at radius 1 is 1.13 bits per heavy atom. The van der Waals surface area contributed by atoms with E-state index in [0.29, 0.717) is 5.92 Å². The Labute approximate surface area is 185 Å². The topological polar surface area (TPSA) is 58.6 Å². The zero-order chi connectivity index (χ0) is 22.1. The van der Waals surface area contributed by atoms with Gasteiger partial charge in [0.25, 0.3) is 0 Å². The summed E-state index contributed by atoms with van der Waals surface area (Å²) in [6, 6.07) is 7.93. The molecule has 0 spiro atoms. The lowest BCUT2D eigenvalue weighted by Crippen LogP contribution is -2.52. The maximum absolute atomic E-state index is 13.4. The number of amides is 2. The SMILES string of the molecule is CC(C)(C)OC(=O)N[C@@H]1CCC[C@@H]1C(=O)N1CCC(c2ccc(Cl)cc2)C(C)(C)C1. The molecular weight excluding hydrogens is 400 g/mol. The van der Waals surface area contributed by atoms with Crippen LogP contribution in [0.1, 0.15) is 71.8 Å². The zero-order valence-corrected chi connectivity index (χ0v) is 19.6. The molecule has 1 aromatic carbocycles. The molecule has 1 heterocycles. The fraction of sp³-hybridized carbons (Fsp3) is 0.667. The van der Waals surface area contributed by atoms with E-state index < -0.39 is 11.7 Å². The highest BCUT2D eigenvalue weighted by atomic mass is 35.5. The van der Waals surface area contributed by atoms with Crippen LogP contribution in [-0.4, -0.2) is 41.6 Å². The summed E-state index contributed by atoms with van der Waals surface area (Å²) >= 11 is 6.05. The largest absolute Gasteiger partial charge is 0.444 e. The molecule has 1 aromatic rings. The maximum Gasteiger partial charge on any atom is 0.407 e. The number of nitrogens with zero attached hydrogens (tertiary/aromatic N) is 1. The number of carbonyl (C=O) groups is 2. The van der Waals surface area contributed by atoms with Crippen LogP contribution in [0, 0.1) is 11.3 Å². The summed E-state index contributed by atoms with van der Waals surface area (Å²) in [5.41, 5.74) is 0.700. The van der Waals surface area contributed by atoms with E-state index in [1.165, 1.54) is 5.56 Å². The third-order valence-electron chi connectivity index (χ3n) is 6.35. The average molecular weight is 435 g/mol. The van der Waals surface area contributed by atoms with Crippen molar-refractivity contribution in [2.75, 3.05) is 13.1 Å². The van der Waals surface area contributed by atoms with Crippen molar-refractivity contribution < 1.29 is 14.3 Å². The number of carbonyl (C=O) groups excluding carboxylic acids is 2. The fourth-order valence-electron chi connectivity index (χ4n) is 4.98. The first kappa shape index (κ1) is 22.9. The van der Waals surface area contributed by atoms with Crippen molar-refractivity contribution in [3.05, 3.63) is 34.9 Å². The van der Waals surface area contributed by atoms with Gasteiger partial charge in [0.05, 0.1) is 5.92 Å². The van der Waals surface area contributed by atoms with Gasteiger partial charge in [-0.3, -0.25) is 4.79 Å². The summed E-state index contributed by atoms with van der Waals surface area (Å²) in [5.74, 6) is 0.384. The van der Waals surface area contributed by atoms with Gasteiger partial charge in [0.2, 0.25) is 5.91 Å². The second kappa shape index (κ2) is 8.78. The first-order valence-electron chi connectivity index (χ1n) is 11.0. The molecule has 1 aliphatic carbocycles. The van der Waals surface area contributed by atoms with Crippen molar-refractivity contribution in [2.24, 2.45) is 11.3 Å². The van der Waals surface area contributed by atoms with Gasteiger partial charge in [-0.15, -0.1) is 0 Å². The van der Waals surface area contributed by atoms with Gasteiger partial charge < -0.3 is 15.0 Å². The van der Waals surface area contributed by atoms with Crippen molar-refractivity contribution in [3.63, 3.8) is 0 Å². The highest BCUT2D eigenvalue weighted by molar-refractivity contribution is 6.30. The van der Waals surface area contributed by atoms with E-state index >= 15 is 0 Å². The maximum atomic E-state index is 13.4. The van der Waals surface area contributed by atoms with Crippen LogP contribution in [0.3, 0.4) is 0 Å². The summed E-state index contributed by atoms with van der Waals surface area (Å²) in [6.07, 6.45) is 3.07. The Balaban J connectivity index is 1.64. The molecule has 0 bridgehead atoms. The average Bonchev–Trinajstić information content (AvgIpc) is 3.07. The van der Waals surface area contributed by atoms with Crippen molar-refractivity contribution in [3.8, 4) is 0 Å². The van der Waals surface area contributed by atoms with Crippen LogP contribution in [0.2, 0.25) is 5.02 Å². The molecule has 2 fully saturated rings. The summed E-state index contributed by atoms with van der Waals surface area (Å²) in [6.45, 7) is 11.5. The van der Waals surface area contributed by atoms with E-state index in [-0.39, 0.29) is 23.3 Å². The summed E-state index contributed by atoms with van der Waals surface area (Å²) < 4.78 is 5.39. The fourth-order valence-corrected chi connectivity index (χ4v) is 5.11. The third-order valence-corrected chi connectivity index (χ3v) is 6.60. The first-order chi connectivity index (χ1) is 14.0. The number of nitrogens with one attached hydrogen (secondary N) is 1. The molecule has 3 atom stereocenters. The lowest BCUT2D eigenvalue weighted by molar-refractivity contribution is -0.139. The number of halogens is 1. The van der Waals surface area contributed by atoms with E-state index in [9.17, 15) is 9.59 Å². The second-order valence-electron chi connectivity index (χ2n) is 10.4. The van der Waals surface area contributed by atoms with E-state index in [0.717, 1.165) is 43.8 Å². The van der Waals surface area contributed by atoms with Crippen LogP contribution in [-0.2, 0) is 9.53 Å². The quantitative estimate of drug-likeness (QED) is 0.695. The molecule has 1 saturated heterocycles. The van der Waals surface area contributed by atoms with Gasteiger partial charge >= 0.3 is 6.09 Å². The van der Waals surface area contributed by atoms with Crippen molar-refractivity contribution >= 4 is 23.6 Å². The Bertz CT molecular complexity index is 770. The van der Waals surface area contributed by atoms with Gasteiger partial charge in [-0.05, 0) is 69.1 Å². The van der Waals surface area contributed by atoms with Crippen LogP contribution in [0.5, 0.6) is 0 Å². The molecule has 1 unspecified atom stereocenters. The van der Waals surface area contributed by atoms with Gasteiger partial charge in [-0.1, -0.05) is 44.0 Å². The molecule has 0 radical (unpaired) electrons. The predicted molar refractivity (Wildman–Crippen MR) is 120 cm³/mol. The van der Waals surface area contributed by atoms with Gasteiger partial charge in [0.15, 0.2) is 0 Å². The smallest absolute Gasteiger partial charge is 0.407 e. The molecular formula is C24H35ClN2O3. The summed E-state index contributed by atoms with van der Waals surface area (Å²) in [4.78, 5) is 27.6. The summed E-state index contributed by atoms with van der Waals surface area (Å²) in [5, 5.41) is 3.69. The molecule has 1 saturated carbocycles.